The second-order valence-corrected chi connectivity index (χ2v) is 7.58. The molecule has 0 atom stereocenters. The number of hydrogen-bond donors (Lipinski definition) is 2. The molecule has 1 aromatic carbocycles. The Hall–Kier alpha value is -2.98. The van der Waals surface area contributed by atoms with E-state index in [1.807, 2.05) is 0 Å². The first kappa shape index (κ1) is 18.8. The van der Waals surface area contributed by atoms with Crippen molar-refractivity contribution in [2.75, 3.05) is 10.0 Å². The van der Waals surface area contributed by atoms with Crippen molar-refractivity contribution in [1.82, 2.24) is 19.7 Å². The van der Waals surface area contributed by atoms with Gasteiger partial charge in [-0.3, -0.25) is 9.48 Å². The average Bonchev–Trinajstić information content (AvgIpc) is 2.94. The Kier molecular flexibility index (Phi) is 5.38. The normalized spacial score (nSPS) is 11.2. The van der Waals surface area contributed by atoms with Crippen molar-refractivity contribution in [3.63, 3.8) is 0 Å². The minimum absolute atomic E-state index is 0.00843. The van der Waals surface area contributed by atoms with Gasteiger partial charge in [0.2, 0.25) is 11.9 Å². The van der Waals surface area contributed by atoms with E-state index in [1.54, 1.807) is 13.0 Å². The van der Waals surface area contributed by atoms with E-state index in [-0.39, 0.29) is 23.3 Å². The molecule has 27 heavy (non-hydrogen) atoms. The zero-order valence-corrected chi connectivity index (χ0v) is 15.7. The number of nitrogens with one attached hydrogen (secondary N) is 2. The van der Waals surface area contributed by atoms with Crippen LogP contribution in [0.25, 0.3) is 0 Å². The molecule has 0 bridgehead atoms. The Bertz CT molecular complexity index is 1050. The molecule has 3 aromatic rings. The lowest BCUT2D eigenvalue weighted by molar-refractivity contribution is -0.116. The Morgan fingerprint density at radius 1 is 1.19 bits per heavy atom. The number of sulfonamides is 1. The highest BCUT2D eigenvalue weighted by Gasteiger charge is 2.16. The fourth-order valence-electron chi connectivity index (χ4n) is 2.17. The molecule has 0 spiro atoms. The molecule has 1 amide bonds. The standard InChI is InChI=1S/C16H15ClN6O3S/c1-11-14(17)9-20-23(11)10-15(24)21-12-3-5-13(6-4-12)27(25,26)22-16-18-7-2-8-19-16/h2-9H,10H2,1H3,(H,21,24)(H,18,19,22). The predicted molar refractivity (Wildman–Crippen MR) is 99.9 cm³/mol. The van der Waals surface area contributed by atoms with Crippen molar-refractivity contribution in [3.8, 4) is 0 Å². The molecule has 140 valence electrons. The van der Waals surface area contributed by atoms with Crippen molar-refractivity contribution in [3.05, 3.63) is 59.6 Å². The largest absolute Gasteiger partial charge is 0.324 e. The van der Waals surface area contributed by atoms with Crippen LogP contribution in [0.4, 0.5) is 11.6 Å². The first-order valence-electron chi connectivity index (χ1n) is 7.73. The summed E-state index contributed by atoms with van der Waals surface area (Å²) in [7, 11) is -3.83. The summed E-state index contributed by atoms with van der Waals surface area (Å²) in [6.45, 7) is 1.75. The van der Waals surface area contributed by atoms with E-state index in [2.05, 4.69) is 25.1 Å². The van der Waals surface area contributed by atoms with Crippen LogP contribution in [0, 0.1) is 6.92 Å². The first-order chi connectivity index (χ1) is 12.8. The number of halogens is 1. The van der Waals surface area contributed by atoms with Gasteiger partial charge in [-0.05, 0) is 37.3 Å². The van der Waals surface area contributed by atoms with Gasteiger partial charge in [0.25, 0.3) is 10.0 Å². The summed E-state index contributed by atoms with van der Waals surface area (Å²) >= 11 is 5.90. The van der Waals surface area contributed by atoms with Crippen LogP contribution >= 0.6 is 11.6 Å². The molecule has 0 fully saturated rings. The lowest BCUT2D eigenvalue weighted by Gasteiger charge is -2.09. The molecule has 2 heterocycles. The molecule has 0 aliphatic carbocycles. The zero-order valence-electron chi connectivity index (χ0n) is 14.1. The summed E-state index contributed by atoms with van der Waals surface area (Å²) in [6.07, 6.45) is 4.32. The Balaban J connectivity index is 1.66. The summed E-state index contributed by atoms with van der Waals surface area (Å²) in [4.78, 5) is 19.8. The van der Waals surface area contributed by atoms with Gasteiger partial charge in [-0.15, -0.1) is 0 Å². The number of aromatic nitrogens is 4. The van der Waals surface area contributed by atoms with Gasteiger partial charge in [0, 0.05) is 18.1 Å². The monoisotopic (exact) mass is 406 g/mol. The Morgan fingerprint density at radius 2 is 1.85 bits per heavy atom. The van der Waals surface area contributed by atoms with Gasteiger partial charge >= 0.3 is 0 Å². The van der Waals surface area contributed by atoms with Crippen LogP contribution in [-0.4, -0.2) is 34.1 Å². The van der Waals surface area contributed by atoms with Gasteiger partial charge in [0.15, 0.2) is 0 Å². The molecule has 2 N–H and O–H groups in total. The van der Waals surface area contributed by atoms with Gasteiger partial charge in [-0.25, -0.2) is 23.1 Å². The summed E-state index contributed by atoms with van der Waals surface area (Å²) in [5.41, 5.74) is 1.13. The number of carbonyl (C=O) groups excluding carboxylic acids is 1. The maximum atomic E-state index is 12.3. The van der Waals surface area contributed by atoms with Crippen LogP contribution in [0.1, 0.15) is 5.69 Å². The van der Waals surface area contributed by atoms with E-state index in [4.69, 9.17) is 11.6 Å². The molecule has 2 aromatic heterocycles. The topological polar surface area (TPSA) is 119 Å². The van der Waals surface area contributed by atoms with Gasteiger partial charge in [0.05, 0.1) is 21.8 Å². The van der Waals surface area contributed by atoms with E-state index in [1.165, 1.54) is 47.5 Å². The zero-order chi connectivity index (χ0) is 19.4. The number of hydrogen-bond acceptors (Lipinski definition) is 6. The minimum Gasteiger partial charge on any atom is -0.324 e. The van der Waals surface area contributed by atoms with Crippen molar-refractivity contribution in [1.29, 1.82) is 0 Å². The third kappa shape index (κ3) is 4.60. The van der Waals surface area contributed by atoms with Crippen molar-refractivity contribution in [2.45, 2.75) is 18.4 Å². The van der Waals surface area contributed by atoms with E-state index < -0.39 is 10.0 Å². The number of anilines is 2. The van der Waals surface area contributed by atoms with Gasteiger partial charge < -0.3 is 5.32 Å². The van der Waals surface area contributed by atoms with Crippen LogP contribution in [0.5, 0.6) is 0 Å². The molecule has 0 aliphatic rings. The lowest BCUT2D eigenvalue weighted by Crippen LogP contribution is -2.20. The van der Waals surface area contributed by atoms with E-state index in [9.17, 15) is 13.2 Å². The quantitative estimate of drug-likeness (QED) is 0.646. The molecule has 0 unspecified atom stereocenters. The predicted octanol–water partition coefficient (Wildman–Crippen LogP) is 2.07. The Morgan fingerprint density at radius 3 is 2.44 bits per heavy atom. The highest BCUT2D eigenvalue weighted by Crippen LogP contribution is 2.17. The maximum Gasteiger partial charge on any atom is 0.264 e. The number of nitrogens with zero attached hydrogens (tertiary/aromatic N) is 4. The highest BCUT2D eigenvalue weighted by molar-refractivity contribution is 7.92. The summed E-state index contributed by atoms with van der Waals surface area (Å²) < 4.78 is 28.4. The fourth-order valence-corrected chi connectivity index (χ4v) is 3.27. The summed E-state index contributed by atoms with van der Waals surface area (Å²) in [5, 5.41) is 7.16. The first-order valence-corrected chi connectivity index (χ1v) is 9.59. The average molecular weight is 407 g/mol. The van der Waals surface area contributed by atoms with Crippen molar-refractivity contribution < 1.29 is 13.2 Å². The third-order valence-corrected chi connectivity index (χ3v) is 5.29. The van der Waals surface area contributed by atoms with Gasteiger partial charge in [-0.2, -0.15) is 5.10 Å². The number of carbonyl (C=O) groups is 1. The molecular formula is C16H15ClN6O3S. The van der Waals surface area contributed by atoms with Crippen LogP contribution in [0.2, 0.25) is 5.02 Å². The van der Waals surface area contributed by atoms with E-state index in [0.29, 0.717) is 16.4 Å². The third-order valence-electron chi connectivity index (χ3n) is 3.58. The van der Waals surface area contributed by atoms with Gasteiger partial charge in [-0.1, -0.05) is 11.6 Å². The van der Waals surface area contributed by atoms with Crippen LogP contribution in [0.3, 0.4) is 0 Å². The number of amides is 1. The smallest absolute Gasteiger partial charge is 0.264 e. The molecule has 0 saturated heterocycles. The second-order valence-electron chi connectivity index (χ2n) is 5.49. The molecule has 11 heteroatoms. The fraction of sp³-hybridized carbons (Fsp3) is 0.125. The number of benzene rings is 1. The summed E-state index contributed by atoms with van der Waals surface area (Å²) in [5.74, 6) is -0.340. The number of rotatable bonds is 6. The molecular weight excluding hydrogens is 392 g/mol. The van der Waals surface area contributed by atoms with Crippen molar-refractivity contribution in [2.24, 2.45) is 0 Å². The molecule has 0 radical (unpaired) electrons. The highest BCUT2D eigenvalue weighted by atomic mass is 35.5. The molecule has 0 saturated carbocycles. The van der Waals surface area contributed by atoms with E-state index >= 15 is 0 Å². The lowest BCUT2D eigenvalue weighted by atomic mass is 10.3. The summed E-state index contributed by atoms with van der Waals surface area (Å²) in [6, 6.07) is 7.30. The van der Waals surface area contributed by atoms with Gasteiger partial charge in [0.1, 0.15) is 6.54 Å². The molecule has 3 rings (SSSR count). The van der Waals surface area contributed by atoms with Crippen LogP contribution < -0.4 is 10.0 Å². The maximum absolute atomic E-state index is 12.3. The van der Waals surface area contributed by atoms with E-state index in [0.717, 1.165) is 0 Å². The molecule has 0 aliphatic heterocycles. The molecule has 9 nitrogen and oxygen atoms in total. The minimum atomic E-state index is -3.83. The van der Waals surface area contributed by atoms with Crippen LogP contribution in [0.15, 0.2) is 53.8 Å². The SMILES string of the molecule is Cc1c(Cl)cnn1CC(=O)Nc1ccc(S(=O)(=O)Nc2ncccn2)cc1. The van der Waals surface area contributed by atoms with Crippen LogP contribution in [-0.2, 0) is 21.4 Å². The second kappa shape index (κ2) is 7.72. The van der Waals surface area contributed by atoms with Crippen molar-refractivity contribution >= 4 is 39.2 Å². The Labute approximate surface area is 160 Å².